The van der Waals surface area contributed by atoms with Crippen molar-refractivity contribution in [2.45, 2.75) is 64.0 Å². The molecule has 0 bridgehead atoms. The molecular weight excluding hydrogens is 322 g/mol. The molecular formula is C18H29N3O4. The van der Waals surface area contributed by atoms with E-state index in [0.29, 0.717) is 38.7 Å². The van der Waals surface area contributed by atoms with Crippen molar-refractivity contribution in [1.82, 2.24) is 15.1 Å². The summed E-state index contributed by atoms with van der Waals surface area (Å²) >= 11 is 0. The lowest BCUT2D eigenvalue weighted by atomic mass is 10.0. The van der Waals surface area contributed by atoms with Gasteiger partial charge in [0.05, 0.1) is 12.5 Å². The van der Waals surface area contributed by atoms with E-state index in [1.165, 1.54) is 12.8 Å². The lowest BCUT2D eigenvalue weighted by Gasteiger charge is -2.32. The Hall–Kier alpha value is -1.79. The fourth-order valence-electron chi connectivity index (χ4n) is 4.22. The van der Waals surface area contributed by atoms with Crippen molar-refractivity contribution < 1.29 is 19.1 Å². The molecule has 1 saturated carbocycles. The third-order valence-corrected chi connectivity index (χ3v) is 5.66. The SMILES string of the molecule is CCOC(=O)N1CCC(NC(=O)[C@@H]2CC(=O)N(C3CCCC3)C2)CC1. The number of piperidine rings is 1. The standard InChI is InChI=1S/C18H29N3O4/c1-2-25-18(24)20-9-7-14(8-10-20)19-17(23)13-11-16(22)21(12-13)15-5-3-4-6-15/h13-15H,2-12H2,1H3,(H,19,23)/t13-/m1/s1. The highest BCUT2D eigenvalue weighted by molar-refractivity contribution is 5.89. The zero-order valence-corrected chi connectivity index (χ0v) is 15.0. The van der Waals surface area contributed by atoms with Crippen molar-refractivity contribution in [3.8, 4) is 0 Å². The highest BCUT2D eigenvalue weighted by Gasteiger charge is 2.39. The maximum atomic E-state index is 12.5. The minimum absolute atomic E-state index is 0.0107. The van der Waals surface area contributed by atoms with Crippen molar-refractivity contribution >= 4 is 17.9 Å². The number of ether oxygens (including phenoxy) is 1. The summed E-state index contributed by atoms with van der Waals surface area (Å²) in [5.74, 6) is -0.108. The van der Waals surface area contributed by atoms with Crippen LogP contribution < -0.4 is 5.32 Å². The first-order chi connectivity index (χ1) is 12.1. The molecule has 0 aromatic carbocycles. The lowest BCUT2D eigenvalue weighted by Crippen LogP contribution is -2.48. The minimum atomic E-state index is -0.277. The zero-order valence-electron chi connectivity index (χ0n) is 15.0. The van der Waals surface area contributed by atoms with E-state index in [9.17, 15) is 14.4 Å². The molecule has 1 atom stereocenters. The molecule has 2 heterocycles. The number of rotatable bonds is 4. The van der Waals surface area contributed by atoms with Crippen molar-refractivity contribution in [1.29, 1.82) is 0 Å². The second-order valence-electron chi connectivity index (χ2n) is 7.35. The molecule has 7 heteroatoms. The van der Waals surface area contributed by atoms with Gasteiger partial charge in [-0.1, -0.05) is 12.8 Å². The normalized spacial score (nSPS) is 25.5. The van der Waals surface area contributed by atoms with Crippen LogP contribution in [0.4, 0.5) is 4.79 Å². The number of carbonyl (C=O) groups excluding carboxylic acids is 3. The molecule has 0 aromatic rings. The van der Waals surface area contributed by atoms with E-state index in [1.807, 2.05) is 4.90 Å². The summed E-state index contributed by atoms with van der Waals surface area (Å²) in [6.07, 6.45) is 6.05. The summed E-state index contributed by atoms with van der Waals surface area (Å²) in [7, 11) is 0. The van der Waals surface area contributed by atoms with Crippen LogP contribution in [0.1, 0.15) is 51.9 Å². The first-order valence-electron chi connectivity index (χ1n) is 9.60. The maximum absolute atomic E-state index is 12.5. The van der Waals surface area contributed by atoms with Gasteiger partial charge in [0.2, 0.25) is 11.8 Å². The van der Waals surface area contributed by atoms with E-state index in [-0.39, 0.29) is 29.9 Å². The van der Waals surface area contributed by atoms with E-state index in [0.717, 1.165) is 25.7 Å². The Morgan fingerprint density at radius 1 is 1.16 bits per heavy atom. The molecule has 2 aliphatic heterocycles. The van der Waals surface area contributed by atoms with Crippen molar-refractivity contribution in [2.24, 2.45) is 5.92 Å². The van der Waals surface area contributed by atoms with Gasteiger partial charge in [-0.05, 0) is 32.6 Å². The number of hydrogen-bond acceptors (Lipinski definition) is 4. The smallest absolute Gasteiger partial charge is 0.409 e. The van der Waals surface area contributed by atoms with Crippen molar-refractivity contribution in [2.75, 3.05) is 26.2 Å². The largest absolute Gasteiger partial charge is 0.450 e. The molecule has 1 aliphatic carbocycles. The Kier molecular flexibility index (Phi) is 5.81. The molecule has 0 aromatic heterocycles. The molecule has 3 amide bonds. The maximum Gasteiger partial charge on any atom is 0.409 e. The third kappa shape index (κ3) is 4.25. The molecule has 3 aliphatic rings. The summed E-state index contributed by atoms with van der Waals surface area (Å²) in [5, 5.41) is 3.09. The van der Waals surface area contributed by atoms with Gasteiger partial charge in [0, 0.05) is 38.1 Å². The summed E-state index contributed by atoms with van der Waals surface area (Å²) in [4.78, 5) is 40.1. The molecule has 0 unspecified atom stereocenters. The first-order valence-corrected chi connectivity index (χ1v) is 9.60. The fourth-order valence-corrected chi connectivity index (χ4v) is 4.22. The molecule has 0 radical (unpaired) electrons. The summed E-state index contributed by atoms with van der Waals surface area (Å²) < 4.78 is 5.01. The Balaban J connectivity index is 1.44. The summed E-state index contributed by atoms with van der Waals surface area (Å²) in [5.41, 5.74) is 0. The molecule has 2 saturated heterocycles. The van der Waals surface area contributed by atoms with Crippen LogP contribution in [0.25, 0.3) is 0 Å². The number of carbonyl (C=O) groups is 3. The average Bonchev–Trinajstić information content (AvgIpc) is 3.25. The van der Waals surface area contributed by atoms with Crippen LogP contribution in [0.3, 0.4) is 0 Å². The topological polar surface area (TPSA) is 79.0 Å². The molecule has 1 N–H and O–H groups in total. The Bertz CT molecular complexity index is 510. The minimum Gasteiger partial charge on any atom is -0.450 e. The van der Waals surface area contributed by atoms with Crippen LogP contribution in [-0.4, -0.2) is 66.0 Å². The van der Waals surface area contributed by atoms with E-state index < -0.39 is 0 Å². The van der Waals surface area contributed by atoms with Gasteiger partial charge in [0.1, 0.15) is 0 Å². The first kappa shape index (κ1) is 18.0. The monoisotopic (exact) mass is 351 g/mol. The highest BCUT2D eigenvalue weighted by Crippen LogP contribution is 2.29. The van der Waals surface area contributed by atoms with Gasteiger partial charge < -0.3 is 19.9 Å². The molecule has 3 rings (SSSR count). The lowest BCUT2D eigenvalue weighted by molar-refractivity contribution is -0.130. The molecule has 3 fully saturated rings. The van der Waals surface area contributed by atoms with Gasteiger partial charge >= 0.3 is 6.09 Å². The summed E-state index contributed by atoms with van der Waals surface area (Å²) in [6.45, 7) is 3.94. The quantitative estimate of drug-likeness (QED) is 0.833. The number of nitrogens with one attached hydrogen (secondary N) is 1. The second kappa shape index (κ2) is 8.06. The van der Waals surface area contributed by atoms with E-state index in [1.54, 1.807) is 11.8 Å². The number of amides is 3. The van der Waals surface area contributed by atoms with Crippen LogP contribution in [0, 0.1) is 5.92 Å². The van der Waals surface area contributed by atoms with Gasteiger partial charge in [-0.25, -0.2) is 4.79 Å². The third-order valence-electron chi connectivity index (χ3n) is 5.66. The van der Waals surface area contributed by atoms with Gasteiger partial charge in [0.15, 0.2) is 0 Å². The van der Waals surface area contributed by atoms with Crippen molar-refractivity contribution in [3.05, 3.63) is 0 Å². The predicted molar refractivity (Wildman–Crippen MR) is 91.8 cm³/mol. The van der Waals surface area contributed by atoms with Crippen LogP contribution in [0.15, 0.2) is 0 Å². The van der Waals surface area contributed by atoms with Gasteiger partial charge in [-0.3, -0.25) is 9.59 Å². The van der Waals surface area contributed by atoms with Crippen LogP contribution >= 0.6 is 0 Å². The van der Waals surface area contributed by atoms with E-state index in [2.05, 4.69) is 5.32 Å². The van der Waals surface area contributed by atoms with E-state index >= 15 is 0 Å². The average molecular weight is 351 g/mol. The second-order valence-corrected chi connectivity index (χ2v) is 7.35. The van der Waals surface area contributed by atoms with Gasteiger partial charge in [-0.15, -0.1) is 0 Å². The Morgan fingerprint density at radius 2 is 1.84 bits per heavy atom. The van der Waals surface area contributed by atoms with Crippen LogP contribution in [0.5, 0.6) is 0 Å². The van der Waals surface area contributed by atoms with E-state index in [4.69, 9.17) is 4.74 Å². The summed E-state index contributed by atoms with van der Waals surface area (Å²) in [6, 6.07) is 0.423. The number of hydrogen-bond donors (Lipinski definition) is 1. The zero-order chi connectivity index (χ0) is 17.8. The Labute approximate surface area is 149 Å². The molecule has 25 heavy (non-hydrogen) atoms. The molecule has 0 spiro atoms. The van der Waals surface area contributed by atoms with Crippen LogP contribution in [0.2, 0.25) is 0 Å². The number of nitrogens with zero attached hydrogens (tertiary/aromatic N) is 2. The fraction of sp³-hybridized carbons (Fsp3) is 0.833. The predicted octanol–water partition coefficient (Wildman–Crippen LogP) is 1.51. The van der Waals surface area contributed by atoms with Gasteiger partial charge in [-0.2, -0.15) is 0 Å². The van der Waals surface area contributed by atoms with Crippen molar-refractivity contribution in [3.63, 3.8) is 0 Å². The molecule has 7 nitrogen and oxygen atoms in total. The molecule has 140 valence electrons. The van der Waals surface area contributed by atoms with Gasteiger partial charge in [0.25, 0.3) is 0 Å². The Morgan fingerprint density at radius 3 is 2.48 bits per heavy atom. The number of likely N-dealkylation sites (tertiary alicyclic amines) is 2. The van der Waals surface area contributed by atoms with Crippen LogP contribution in [-0.2, 0) is 14.3 Å². The highest BCUT2D eigenvalue weighted by atomic mass is 16.6.